The molecule has 4 aromatic heterocycles. The quantitative estimate of drug-likeness (QED) is 0.442. The van der Waals surface area contributed by atoms with Crippen LogP contribution in [0.5, 0.6) is 0 Å². The maximum Gasteiger partial charge on any atom is 0.182 e. The summed E-state index contributed by atoms with van der Waals surface area (Å²) in [5, 5.41) is 7.84. The first-order chi connectivity index (χ1) is 13.7. The highest BCUT2D eigenvalue weighted by molar-refractivity contribution is 7.13. The van der Waals surface area contributed by atoms with Crippen LogP contribution in [-0.4, -0.2) is 29.9 Å². The first-order valence-corrected chi connectivity index (χ1v) is 9.86. The van der Waals surface area contributed by atoms with Crippen molar-refractivity contribution in [2.24, 2.45) is 0 Å². The number of halogens is 1. The van der Waals surface area contributed by atoms with Crippen LogP contribution >= 0.6 is 22.9 Å². The van der Waals surface area contributed by atoms with Crippen molar-refractivity contribution in [3.05, 3.63) is 59.1 Å². The van der Waals surface area contributed by atoms with E-state index in [1.807, 2.05) is 23.6 Å². The van der Waals surface area contributed by atoms with E-state index >= 15 is 0 Å². The van der Waals surface area contributed by atoms with Gasteiger partial charge in [0.15, 0.2) is 11.5 Å². The molecule has 0 spiro atoms. The minimum atomic E-state index is -0.0869. The van der Waals surface area contributed by atoms with Crippen LogP contribution in [0.15, 0.2) is 48.5 Å². The number of thiazole rings is 1. The summed E-state index contributed by atoms with van der Waals surface area (Å²) >= 11 is 7.93. The molecule has 0 fully saturated rings. The highest BCUT2D eigenvalue weighted by Crippen LogP contribution is 2.34. The summed E-state index contributed by atoms with van der Waals surface area (Å²) in [4.78, 5) is 25.1. The van der Waals surface area contributed by atoms with Gasteiger partial charge in [-0.3, -0.25) is 0 Å². The average Bonchev–Trinajstić information content (AvgIpc) is 3.40. The van der Waals surface area contributed by atoms with Crippen molar-refractivity contribution in [3.8, 4) is 10.7 Å². The number of rotatable bonds is 4. The minimum Gasteiger partial charge on any atom is -0.362 e. The van der Waals surface area contributed by atoms with Gasteiger partial charge in [-0.2, -0.15) is 0 Å². The molecule has 0 aliphatic heterocycles. The maximum absolute atomic E-state index is 6.38. The van der Waals surface area contributed by atoms with E-state index in [-0.39, 0.29) is 6.04 Å². The number of aromatic nitrogens is 6. The third kappa shape index (κ3) is 2.87. The number of fused-ring (bicyclic) bond motifs is 2. The lowest BCUT2D eigenvalue weighted by Crippen LogP contribution is -2.11. The smallest absolute Gasteiger partial charge is 0.182 e. The van der Waals surface area contributed by atoms with Crippen LogP contribution in [0.3, 0.4) is 0 Å². The van der Waals surface area contributed by atoms with Gasteiger partial charge in [0.05, 0.1) is 22.9 Å². The number of H-pyrrole nitrogens is 1. The molecule has 0 amide bonds. The Morgan fingerprint density at radius 2 is 2.11 bits per heavy atom. The summed E-state index contributed by atoms with van der Waals surface area (Å²) in [6.07, 6.45) is 4.88. The van der Waals surface area contributed by atoms with Crippen LogP contribution < -0.4 is 5.32 Å². The van der Waals surface area contributed by atoms with E-state index in [4.69, 9.17) is 16.6 Å². The lowest BCUT2D eigenvalue weighted by atomic mass is 10.0. The number of hydrogen-bond donors (Lipinski definition) is 2. The molecule has 7 nitrogen and oxygen atoms in total. The highest BCUT2D eigenvalue weighted by atomic mass is 35.5. The monoisotopic (exact) mass is 407 g/mol. The largest absolute Gasteiger partial charge is 0.362 e. The van der Waals surface area contributed by atoms with Gasteiger partial charge in [-0.25, -0.2) is 24.9 Å². The zero-order valence-corrected chi connectivity index (χ0v) is 16.3. The van der Waals surface area contributed by atoms with Crippen molar-refractivity contribution in [3.63, 3.8) is 0 Å². The summed E-state index contributed by atoms with van der Waals surface area (Å²) in [7, 11) is 0. The van der Waals surface area contributed by atoms with Gasteiger partial charge in [-0.15, -0.1) is 11.3 Å². The first-order valence-electron chi connectivity index (χ1n) is 8.60. The van der Waals surface area contributed by atoms with E-state index in [0.717, 1.165) is 32.7 Å². The van der Waals surface area contributed by atoms with E-state index in [1.165, 1.54) is 6.33 Å². The average molecular weight is 408 g/mol. The molecule has 0 saturated heterocycles. The topological polar surface area (TPSA) is 92.3 Å². The Labute approximate surface area is 168 Å². The molecule has 5 aromatic rings. The molecule has 2 N–H and O–H groups in total. The second-order valence-corrected chi connectivity index (χ2v) is 7.57. The molecule has 9 heteroatoms. The fraction of sp³-hybridized carbons (Fsp3) is 0.105. The van der Waals surface area contributed by atoms with Gasteiger partial charge in [0, 0.05) is 22.5 Å². The number of para-hydroxylation sites is 1. The van der Waals surface area contributed by atoms with Crippen molar-refractivity contribution in [2.45, 2.75) is 13.0 Å². The number of pyridine rings is 1. The van der Waals surface area contributed by atoms with E-state index in [9.17, 15) is 0 Å². The lowest BCUT2D eigenvalue weighted by molar-refractivity contribution is 0.873. The van der Waals surface area contributed by atoms with Crippen LogP contribution in [0.1, 0.15) is 18.5 Å². The molecule has 0 radical (unpaired) electrons. The summed E-state index contributed by atoms with van der Waals surface area (Å²) in [5.74, 6) is 0.686. The van der Waals surface area contributed by atoms with Crippen molar-refractivity contribution < 1.29 is 0 Å². The Morgan fingerprint density at radius 1 is 1.18 bits per heavy atom. The third-order valence-electron chi connectivity index (χ3n) is 4.50. The molecular formula is C19H14ClN7S. The standard InChI is InChI=1S/C19H14ClN7S/c1-10(26-18-16-17(23-8-22-16)24-9-25-18)12-7-11-3-2-4-13(20)14(11)27-15(12)19-21-5-6-28-19/h2-10H,1H3,(H2,22,23,24,25,26)/t10-/m0/s1. The zero-order valence-electron chi connectivity index (χ0n) is 14.7. The highest BCUT2D eigenvalue weighted by Gasteiger charge is 2.19. The molecule has 4 heterocycles. The fourth-order valence-corrected chi connectivity index (χ4v) is 4.05. The molecular weight excluding hydrogens is 394 g/mol. The number of nitrogens with one attached hydrogen (secondary N) is 2. The predicted molar refractivity (Wildman–Crippen MR) is 112 cm³/mol. The van der Waals surface area contributed by atoms with Gasteiger partial charge < -0.3 is 10.3 Å². The van der Waals surface area contributed by atoms with Gasteiger partial charge in [0.25, 0.3) is 0 Å². The van der Waals surface area contributed by atoms with Crippen LogP contribution in [0.4, 0.5) is 5.82 Å². The van der Waals surface area contributed by atoms with Crippen molar-refractivity contribution in [1.82, 2.24) is 29.9 Å². The Morgan fingerprint density at radius 3 is 2.96 bits per heavy atom. The molecule has 1 aromatic carbocycles. The van der Waals surface area contributed by atoms with E-state index in [0.29, 0.717) is 16.5 Å². The minimum absolute atomic E-state index is 0.0869. The first kappa shape index (κ1) is 17.0. The molecule has 0 bridgehead atoms. The molecule has 0 unspecified atom stereocenters. The Balaban J connectivity index is 1.64. The molecule has 5 rings (SSSR count). The number of imidazole rings is 1. The van der Waals surface area contributed by atoms with Gasteiger partial charge in [0.2, 0.25) is 0 Å². The fourth-order valence-electron chi connectivity index (χ4n) is 3.18. The summed E-state index contributed by atoms with van der Waals surface area (Å²) < 4.78 is 0. The molecule has 0 aliphatic rings. The van der Waals surface area contributed by atoms with Gasteiger partial charge in [0.1, 0.15) is 22.5 Å². The third-order valence-corrected chi connectivity index (χ3v) is 5.59. The second-order valence-electron chi connectivity index (χ2n) is 6.26. The van der Waals surface area contributed by atoms with Crippen LogP contribution in [-0.2, 0) is 0 Å². The van der Waals surface area contributed by atoms with E-state index in [1.54, 1.807) is 23.9 Å². The number of aromatic amines is 1. The Bertz CT molecular complexity index is 1280. The van der Waals surface area contributed by atoms with E-state index < -0.39 is 0 Å². The van der Waals surface area contributed by atoms with Gasteiger partial charge >= 0.3 is 0 Å². The van der Waals surface area contributed by atoms with Crippen LogP contribution in [0.2, 0.25) is 5.02 Å². The lowest BCUT2D eigenvalue weighted by Gasteiger charge is -2.18. The second kappa shape index (κ2) is 6.81. The number of anilines is 1. The Hall–Kier alpha value is -3.10. The predicted octanol–water partition coefficient (Wildman–Crippen LogP) is 4.85. The maximum atomic E-state index is 6.38. The van der Waals surface area contributed by atoms with Gasteiger partial charge in [-0.1, -0.05) is 23.7 Å². The van der Waals surface area contributed by atoms with Crippen LogP contribution in [0.25, 0.3) is 32.8 Å². The zero-order chi connectivity index (χ0) is 19.1. The number of hydrogen-bond acceptors (Lipinski definition) is 7. The van der Waals surface area contributed by atoms with E-state index in [2.05, 4.69) is 43.2 Å². The van der Waals surface area contributed by atoms with Crippen LogP contribution in [0, 0.1) is 0 Å². The normalized spacial score (nSPS) is 12.5. The van der Waals surface area contributed by atoms with Crippen molar-refractivity contribution >= 4 is 50.8 Å². The summed E-state index contributed by atoms with van der Waals surface area (Å²) in [6, 6.07) is 7.80. The number of nitrogens with zero attached hydrogens (tertiary/aromatic N) is 5. The summed E-state index contributed by atoms with van der Waals surface area (Å²) in [6.45, 7) is 2.06. The summed E-state index contributed by atoms with van der Waals surface area (Å²) in [5.41, 5.74) is 3.97. The molecule has 0 aliphatic carbocycles. The van der Waals surface area contributed by atoms with Crippen molar-refractivity contribution in [2.75, 3.05) is 5.32 Å². The molecule has 138 valence electrons. The molecule has 1 atom stereocenters. The molecule has 0 saturated carbocycles. The Kier molecular flexibility index (Phi) is 4.14. The van der Waals surface area contributed by atoms with Crippen molar-refractivity contribution in [1.29, 1.82) is 0 Å². The SMILES string of the molecule is C[C@H](Nc1ncnc2nc[nH]c12)c1cc2cccc(Cl)c2nc1-c1nccs1. The van der Waals surface area contributed by atoms with Gasteiger partial charge in [-0.05, 0) is 19.1 Å². The molecule has 28 heavy (non-hydrogen) atoms. The number of benzene rings is 1.